The fourth-order valence-corrected chi connectivity index (χ4v) is 2.84. The van der Waals surface area contributed by atoms with Gasteiger partial charge in [0, 0.05) is 0 Å². The summed E-state index contributed by atoms with van der Waals surface area (Å²) in [6, 6.07) is 14.5. The second-order valence-corrected chi connectivity index (χ2v) is 6.10. The molecule has 2 N–H and O–H groups in total. The van der Waals surface area contributed by atoms with Crippen molar-refractivity contribution in [1.29, 1.82) is 0 Å². The summed E-state index contributed by atoms with van der Waals surface area (Å²) in [4.78, 5) is 11.5. The van der Waals surface area contributed by atoms with Gasteiger partial charge in [-0.2, -0.15) is 0 Å². The molecule has 0 aliphatic rings. The predicted octanol–water partition coefficient (Wildman–Crippen LogP) is 2.66. The summed E-state index contributed by atoms with van der Waals surface area (Å²) in [7, 11) is -3.71. The molecule has 0 aliphatic carbocycles. The highest BCUT2D eigenvalue weighted by atomic mass is 35.5. The van der Waals surface area contributed by atoms with Crippen molar-refractivity contribution < 1.29 is 13.2 Å². The molecule has 2 aromatic carbocycles. The van der Waals surface area contributed by atoms with Crippen LogP contribution < -0.4 is 10.0 Å². The minimum Gasteiger partial charge on any atom is -0.323 e. The van der Waals surface area contributed by atoms with Crippen LogP contribution in [0.25, 0.3) is 0 Å². The van der Waals surface area contributed by atoms with E-state index in [1.165, 1.54) is 12.1 Å². The summed E-state index contributed by atoms with van der Waals surface area (Å²) in [5.41, 5.74) is 0.627. The van der Waals surface area contributed by atoms with Gasteiger partial charge in [0.25, 0.3) is 10.0 Å². The van der Waals surface area contributed by atoms with E-state index >= 15 is 0 Å². The molecular formula is C14H13ClN2O3S. The molecule has 2 aromatic rings. The lowest BCUT2D eigenvalue weighted by Gasteiger charge is -2.13. The number of benzene rings is 2. The fraction of sp³-hybridized carbons (Fsp3) is 0.0714. The predicted molar refractivity (Wildman–Crippen MR) is 83.0 cm³/mol. The zero-order valence-corrected chi connectivity index (χ0v) is 12.5. The number of alkyl halides is 1. The minimum absolute atomic E-state index is 0.142. The number of halogens is 1. The third kappa shape index (κ3) is 3.96. The minimum atomic E-state index is -3.71. The summed E-state index contributed by atoms with van der Waals surface area (Å²) in [5, 5.41) is 2.54. The van der Waals surface area contributed by atoms with Crippen molar-refractivity contribution in [2.75, 3.05) is 15.9 Å². The average Bonchev–Trinajstić information content (AvgIpc) is 2.50. The van der Waals surface area contributed by atoms with Gasteiger partial charge in [-0.3, -0.25) is 9.52 Å². The number of anilines is 2. The number of hydrogen-bond donors (Lipinski definition) is 2. The summed E-state index contributed by atoms with van der Waals surface area (Å²) >= 11 is 5.43. The summed E-state index contributed by atoms with van der Waals surface area (Å²) in [5.74, 6) is -0.622. The maximum Gasteiger partial charge on any atom is 0.261 e. The molecule has 0 heterocycles. The van der Waals surface area contributed by atoms with Crippen LogP contribution in [0.4, 0.5) is 11.4 Å². The maximum absolute atomic E-state index is 12.3. The normalized spacial score (nSPS) is 10.9. The Labute approximate surface area is 128 Å². The molecule has 0 aromatic heterocycles. The van der Waals surface area contributed by atoms with Crippen molar-refractivity contribution in [3.05, 3.63) is 54.6 Å². The van der Waals surface area contributed by atoms with E-state index in [2.05, 4.69) is 10.0 Å². The molecule has 0 radical (unpaired) electrons. The molecule has 0 atom stereocenters. The van der Waals surface area contributed by atoms with Crippen LogP contribution in [0, 0.1) is 0 Å². The van der Waals surface area contributed by atoms with E-state index in [-0.39, 0.29) is 16.5 Å². The van der Waals surface area contributed by atoms with Gasteiger partial charge in [-0.15, -0.1) is 11.6 Å². The molecule has 0 unspecified atom stereocenters. The number of carbonyl (C=O) groups excluding carboxylic acids is 1. The van der Waals surface area contributed by atoms with E-state index in [4.69, 9.17) is 11.6 Å². The molecule has 7 heteroatoms. The second-order valence-electron chi connectivity index (χ2n) is 4.15. The van der Waals surface area contributed by atoms with Crippen LogP contribution in [0.1, 0.15) is 0 Å². The molecular weight excluding hydrogens is 312 g/mol. The van der Waals surface area contributed by atoms with Crippen LogP contribution in [0.15, 0.2) is 59.5 Å². The SMILES string of the molecule is O=C(CCl)Nc1ccccc1NS(=O)(=O)c1ccccc1. The first-order valence-electron chi connectivity index (χ1n) is 6.05. The zero-order chi connectivity index (χ0) is 15.3. The van der Waals surface area contributed by atoms with Crippen molar-refractivity contribution in [2.45, 2.75) is 4.90 Å². The Balaban J connectivity index is 2.30. The molecule has 0 fully saturated rings. The van der Waals surface area contributed by atoms with Crippen molar-refractivity contribution in [2.24, 2.45) is 0 Å². The van der Waals surface area contributed by atoms with Gasteiger partial charge in [0.15, 0.2) is 0 Å². The average molecular weight is 325 g/mol. The van der Waals surface area contributed by atoms with E-state index in [9.17, 15) is 13.2 Å². The van der Waals surface area contributed by atoms with E-state index in [0.717, 1.165) is 0 Å². The van der Waals surface area contributed by atoms with Crippen LogP contribution in [0.5, 0.6) is 0 Å². The number of carbonyl (C=O) groups is 1. The Morgan fingerprint density at radius 3 is 2.14 bits per heavy atom. The highest BCUT2D eigenvalue weighted by molar-refractivity contribution is 7.92. The van der Waals surface area contributed by atoms with Crippen LogP contribution in [-0.4, -0.2) is 20.2 Å². The second kappa shape index (κ2) is 6.60. The third-order valence-electron chi connectivity index (χ3n) is 2.62. The fourth-order valence-electron chi connectivity index (χ4n) is 1.67. The van der Waals surface area contributed by atoms with E-state index in [1.54, 1.807) is 42.5 Å². The van der Waals surface area contributed by atoms with Gasteiger partial charge >= 0.3 is 0 Å². The third-order valence-corrected chi connectivity index (χ3v) is 4.24. The first kappa shape index (κ1) is 15.3. The smallest absolute Gasteiger partial charge is 0.261 e. The lowest BCUT2D eigenvalue weighted by molar-refractivity contribution is -0.113. The van der Waals surface area contributed by atoms with Gasteiger partial charge in [-0.1, -0.05) is 30.3 Å². The molecule has 1 amide bonds. The Kier molecular flexibility index (Phi) is 4.82. The van der Waals surface area contributed by atoms with Gasteiger partial charge in [0.2, 0.25) is 5.91 Å². The Morgan fingerprint density at radius 1 is 0.952 bits per heavy atom. The monoisotopic (exact) mass is 324 g/mol. The van der Waals surface area contributed by atoms with Gasteiger partial charge in [-0.05, 0) is 24.3 Å². The lowest BCUT2D eigenvalue weighted by atomic mass is 10.3. The van der Waals surface area contributed by atoms with Crippen LogP contribution in [0.3, 0.4) is 0 Å². The maximum atomic E-state index is 12.3. The van der Waals surface area contributed by atoms with Gasteiger partial charge < -0.3 is 5.32 Å². The number of nitrogens with one attached hydrogen (secondary N) is 2. The first-order chi connectivity index (χ1) is 10.0. The summed E-state index contributed by atoms with van der Waals surface area (Å²) in [6.45, 7) is 0. The van der Waals surface area contributed by atoms with Crippen molar-refractivity contribution in [1.82, 2.24) is 0 Å². The molecule has 110 valence electrons. The Hall–Kier alpha value is -2.05. The van der Waals surface area contributed by atoms with Crippen molar-refractivity contribution >= 4 is 38.9 Å². The Bertz CT molecular complexity index is 733. The molecule has 21 heavy (non-hydrogen) atoms. The number of hydrogen-bond acceptors (Lipinski definition) is 3. The molecule has 0 bridgehead atoms. The summed E-state index contributed by atoms with van der Waals surface area (Å²) < 4.78 is 27.0. The van der Waals surface area contributed by atoms with Crippen molar-refractivity contribution in [3.8, 4) is 0 Å². The van der Waals surface area contributed by atoms with Crippen LogP contribution in [0.2, 0.25) is 0 Å². The number of para-hydroxylation sites is 2. The van der Waals surface area contributed by atoms with Gasteiger partial charge in [-0.25, -0.2) is 8.42 Å². The first-order valence-corrected chi connectivity index (χ1v) is 8.07. The molecule has 0 saturated carbocycles. The largest absolute Gasteiger partial charge is 0.323 e. The van der Waals surface area contributed by atoms with Gasteiger partial charge in [0.05, 0.1) is 16.3 Å². The van der Waals surface area contributed by atoms with Crippen molar-refractivity contribution in [3.63, 3.8) is 0 Å². The Morgan fingerprint density at radius 2 is 1.52 bits per heavy atom. The molecule has 0 spiro atoms. The zero-order valence-electron chi connectivity index (χ0n) is 10.9. The quantitative estimate of drug-likeness (QED) is 0.830. The number of rotatable bonds is 5. The molecule has 2 rings (SSSR count). The van der Waals surface area contributed by atoms with Crippen LogP contribution >= 0.6 is 11.6 Å². The standard InChI is InChI=1S/C14H13ClN2O3S/c15-10-14(18)16-12-8-4-5-9-13(12)17-21(19,20)11-6-2-1-3-7-11/h1-9,17H,10H2,(H,16,18). The highest BCUT2D eigenvalue weighted by Crippen LogP contribution is 2.24. The molecule has 5 nitrogen and oxygen atoms in total. The van der Waals surface area contributed by atoms with Gasteiger partial charge in [0.1, 0.15) is 5.88 Å². The number of sulfonamides is 1. The molecule has 0 saturated heterocycles. The van der Waals surface area contributed by atoms with Crippen LogP contribution in [-0.2, 0) is 14.8 Å². The highest BCUT2D eigenvalue weighted by Gasteiger charge is 2.15. The van der Waals surface area contributed by atoms with E-state index in [0.29, 0.717) is 5.69 Å². The molecule has 0 aliphatic heterocycles. The lowest BCUT2D eigenvalue weighted by Crippen LogP contribution is -2.17. The van der Waals surface area contributed by atoms with E-state index in [1.807, 2.05) is 0 Å². The number of amides is 1. The van der Waals surface area contributed by atoms with E-state index < -0.39 is 15.9 Å². The topological polar surface area (TPSA) is 75.3 Å². The summed E-state index contributed by atoms with van der Waals surface area (Å²) in [6.07, 6.45) is 0.